The predicted molar refractivity (Wildman–Crippen MR) is 100 cm³/mol. The summed E-state index contributed by atoms with van der Waals surface area (Å²) in [5.41, 5.74) is 1.73. The molecule has 0 saturated carbocycles. The van der Waals surface area contributed by atoms with Crippen molar-refractivity contribution in [2.24, 2.45) is 0 Å². The third-order valence-electron chi connectivity index (χ3n) is 4.24. The van der Waals surface area contributed by atoms with E-state index in [1.807, 2.05) is 0 Å². The fourth-order valence-corrected chi connectivity index (χ4v) is 2.98. The number of aromatic amines is 1. The Hall–Kier alpha value is -2.99. The Morgan fingerprint density at radius 1 is 1.19 bits per heavy atom. The first-order chi connectivity index (χ1) is 12.4. The monoisotopic (exact) mass is 372 g/mol. The van der Waals surface area contributed by atoms with Gasteiger partial charge >= 0.3 is 5.97 Å². The first kappa shape index (κ1) is 17.8. The van der Waals surface area contributed by atoms with Crippen LogP contribution >= 0.6 is 11.6 Å². The minimum absolute atomic E-state index is 0.00116. The fourth-order valence-electron chi connectivity index (χ4n) is 2.81. The van der Waals surface area contributed by atoms with Gasteiger partial charge in [0.1, 0.15) is 11.4 Å². The summed E-state index contributed by atoms with van der Waals surface area (Å²) in [5, 5.41) is 10.6. The number of carbonyl (C=O) groups excluding carboxylic acids is 1. The lowest BCUT2D eigenvalue weighted by atomic mass is 10.1. The molecule has 0 spiro atoms. The van der Waals surface area contributed by atoms with Gasteiger partial charge in [-0.05, 0) is 42.5 Å². The van der Waals surface area contributed by atoms with Gasteiger partial charge in [-0.15, -0.1) is 0 Å². The number of carboxylic acids is 1. The molecule has 1 heterocycles. The Kier molecular flexibility index (Phi) is 4.86. The third kappa shape index (κ3) is 3.36. The van der Waals surface area contributed by atoms with Crippen LogP contribution in [0.15, 0.2) is 42.5 Å². The second-order valence-corrected chi connectivity index (χ2v) is 6.24. The number of H-pyrrole nitrogens is 1. The number of halogens is 1. The van der Waals surface area contributed by atoms with Crippen LogP contribution < -0.4 is 9.64 Å². The SMILES string of the molecule is COc1ccc(N(C)C(=O)Cc2c(C(=O)O)[nH]c3ccc(Cl)cc23)cc1. The highest BCUT2D eigenvalue weighted by atomic mass is 35.5. The highest BCUT2D eigenvalue weighted by Gasteiger charge is 2.22. The van der Waals surface area contributed by atoms with Crippen LogP contribution in [0.3, 0.4) is 0 Å². The smallest absolute Gasteiger partial charge is 0.352 e. The number of hydrogen-bond donors (Lipinski definition) is 2. The molecule has 0 aliphatic heterocycles. The van der Waals surface area contributed by atoms with Crippen LogP contribution in [-0.2, 0) is 11.2 Å². The number of methoxy groups -OCH3 is 1. The van der Waals surface area contributed by atoms with Crippen molar-refractivity contribution in [2.75, 3.05) is 19.1 Å². The zero-order chi connectivity index (χ0) is 18.8. The van der Waals surface area contributed by atoms with Crippen molar-refractivity contribution in [1.29, 1.82) is 0 Å². The number of aromatic carboxylic acids is 1. The van der Waals surface area contributed by atoms with Crippen LogP contribution in [0.4, 0.5) is 5.69 Å². The molecule has 3 rings (SSSR count). The van der Waals surface area contributed by atoms with Gasteiger partial charge in [0.25, 0.3) is 0 Å². The predicted octanol–water partition coefficient (Wildman–Crippen LogP) is 3.73. The molecule has 0 fully saturated rings. The Morgan fingerprint density at radius 2 is 1.88 bits per heavy atom. The molecule has 0 bridgehead atoms. The number of aromatic nitrogens is 1. The molecule has 1 amide bonds. The van der Waals surface area contributed by atoms with E-state index < -0.39 is 5.97 Å². The largest absolute Gasteiger partial charge is 0.497 e. The molecule has 0 saturated heterocycles. The van der Waals surface area contributed by atoms with E-state index in [1.165, 1.54) is 4.90 Å². The van der Waals surface area contributed by atoms with Gasteiger partial charge in [0, 0.05) is 34.2 Å². The lowest BCUT2D eigenvalue weighted by molar-refractivity contribution is -0.117. The molecule has 134 valence electrons. The second kappa shape index (κ2) is 7.09. The molecule has 26 heavy (non-hydrogen) atoms. The number of ether oxygens (including phenoxy) is 1. The summed E-state index contributed by atoms with van der Waals surface area (Å²) in [5.74, 6) is -0.667. The Balaban J connectivity index is 1.93. The number of nitrogens with zero attached hydrogens (tertiary/aromatic N) is 1. The van der Waals surface area contributed by atoms with E-state index in [1.54, 1.807) is 56.6 Å². The summed E-state index contributed by atoms with van der Waals surface area (Å²) in [6.45, 7) is 0. The number of rotatable bonds is 5. The van der Waals surface area contributed by atoms with Crippen LogP contribution in [-0.4, -0.2) is 36.1 Å². The van der Waals surface area contributed by atoms with E-state index in [4.69, 9.17) is 16.3 Å². The van der Waals surface area contributed by atoms with Crippen molar-refractivity contribution >= 4 is 40.1 Å². The molecule has 6 nitrogen and oxygen atoms in total. The average Bonchev–Trinajstić information content (AvgIpc) is 2.99. The van der Waals surface area contributed by atoms with Crippen molar-refractivity contribution < 1.29 is 19.4 Å². The van der Waals surface area contributed by atoms with Gasteiger partial charge < -0.3 is 19.7 Å². The van der Waals surface area contributed by atoms with Gasteiger partial charge in [-0.25, -0.2) is 4.79 Å². The lowest BCUT2D eigenvalue weighted by Gasteiger charge is -2.18. The minimum Gasteiger partial charge on any atom is -0.497 e. The van der Waals surface area contributed by atoms with Gasteiger partial charge in [0.15, 0.2) is 0 Å². The second-order valence-electron chi connectivity index (χ2n) is 5.80. The normalized spacial score (nSPS) is 10.7. The third-order valence-corrected chi connectivity index (χ3v) is 4.48. The van der Waals surface area contributed by atoms with E-state index in [0.29, 0.717) is 32.9 Å². The van der Waals surface area contributed by atoms with Crippen LogP contribution in [0.5, 0.6) is 5.75 Å². The lowest BCUT2D eigenvalue weighted by Crippen LogP contribution is -2.28. The van der Waals surface area contributed by atoms with Gasteiger partial charge in [0.2, 0.25) is 5.91 Å². The van der Waals surface area contributed by atoms with E-state index in [0.717, 1.165) is 0 Å². The maximum Gasteiger partial charge on any atom is 0.352 e. The number of anilines is 1. The molecule has 7 heteroatoms. The number of likely N-dealkylation sites (N-methyl/N-ethyl adjacent to an activating group) is 1. The topological polar surface area (TPSA) is 82.6 Å². The van der Waals surface area contributed by atoms with E-state index in [9.17, 15) is 14.7 Å². The van der Waals surface area contributed by atoms with E-state index in [-0.39, 0.29) is 18.0 Å². The molecular weight excluding hydrogens is 356 g/mol. The first-order valence-electron chi connectivity index (χ1n) is 7.84. The van der Waals surface area contributed by atoms with Crippen LogP contribution in [0.1, 0.15) is 16.1 Å². The zero-order valence-electron chi connectivity index (χ0n) is 14.2. The van der Waals surface area contributed by atoms with Gasteiger partial charge in [-0.3, -0.25) is 4.79 Å². The van der Waals surface area contributed by atoms with Crippen molar-refractivity contribution in [3.05, 3.63) is 58.7 Å². The molecule has 1 aromatic heterocycles. The van der Waals surface area contributed by atoms with Crippen molar-refractivity contribution in [2.45, 2.75) is 6.42 Å². The number of benzene rings is 2. The molecule has 0 radical (unpaired) electrons. The fraction of sp³-hybridized carbons (Fsp3) is 0.158. The van der Waals surface area contributed by atoms with Crippen LogP contribution in [0, 0.1) is 0 Å². The molecule has 0 aliphatic rings. The number of hydrogen-bond acceptors (Lipinski definition) is 3. The summed E-state index contributed by atoms with van der Waals surface area (Å²) < 4.78 is 5.11. The van der Waals surface area contributed by atoms with Crippen LogP contribution in [0.2, 0.25) is 5.02 Å². The molecule has 0 unspecified atom stereocenters. The standard InChI is InChI=1S/C19H17ClN2O4/c1-22(12-4-6-13(26-2)7-5-12)17(23)10-15-14-9-11(20)3-8-16(14)21-18(15)19(24)25/h3-9,21H,10H2,1-2H3,(H,24,25). The Morgan fingerprint density at radius 3 is 2.50 bits per heavy atom. The molecule has 0 atom stereocenters. The van der Waals surface area contributed by atoms with Gasteiger partial charge in [-0.2, -0.15) is 0 Å². The number of carboxylic acid groups (broad SMARTS) is 1. The molecule has 0 aliphatic carbocycles. The summed E-state index contributed by atoms with van der Waals surface area (Å²) in [6.07, 6.45) is -0.0650. The van der Waals surface area contributed by atoms with Crippen LogP contribution in [0.25, 0.3) is 10.9 Å². The van der Waals surface area contributed by atoms with E-state index >= 15 is 0 Å². The molecule has 2 aromatic carbocycles. The van der Waals surface area contributed by atoms with Crippen molar-refractivity contribution in [3.63, 3.8) is 0 Å². The minimum atomic E-state index is -1.12. The average molecular weight is 373 g/mol. The summed E-state index contributed by atoms with van der Waals surface area (Å²) in [7, 11) is 3.21. The molecule has 2 N–H and O–H groups in total. The Labute approximate surface area is 154 Å². The number of carbonyl (C=O) groups is 2. The van der Waals surface area contributed by atoms with Crippen molar-refractivity contribution in [3.8, 4) is 5.75 Å². The summed E-state index contributed by atoms with van der Waals surface area (Å²) in [4.78, 5) is 28.6. The van der Waals surface area contributed by atoms with Gasteiger partial charge in [-0.1, -0.05) is 11.6 Å². The maximum absolute atomic E-state index is 12.7. The first-order valence-corrected chi connectivity index (χ1v) is 8.22. The quantitative estimate of drug-likeness (QED) is 0.714. The van der Waals surface area contributed by atoms with Crippen molar-refractivity contribution in [1.82, 2.24) is 4.98 Å². The molecular formula is C19H17ClN2O4. The zero-order valence-corrected chi connectivity index (χ0v) is 15.0. The highest BCUT2D eigenvalue weighted by molar-refractivity contribution is 6.31. The number of amides is 1. The maximum atomic E-state index is 12.7. The number of nitrogens with one attached hydrogen (secondary N) is 1. The Bertz CT molecular complexity index is 979. The van der Waals surface area contributed by atoms with E-state index in [2.05, 4.69) is 4.98 Å². The summed E-state index contributed by atoms with van der Waals surface area (Å²) >= 11 is 6.03. The highest BCUT2D eigenvalue weighted by Crippen LogP contribution is 2.27. The summed E-state index contributed by atoms with van der Waals surface area (Å²) in [6, 6.07) is 12.1. The van der Waals surface area contributed by atoms with Gasteiger partial charge in [0.05, 0.1) is 13.5 Å². The number of fused-ring (bicyclic) bond motifs is 1. The molecule has 3 aromatic rings.